The molecule has 0 unspecified atom stereocenters. The van der Waals surface area contributed by atoms with Crippen LogP contribution in [0.25, 0.3) is 0 Å². The van der Waals surface area contributed by atoms with Gasteiger partial charge in [0.1, 0.15) is 5.00 Å². The minimum absolute atomic E-state index is 1.10. The van der Waals surface area contributed by atoms with Crippen molar-refractivity contribution in [3.8, 4) is 0 Å². The van der Waals surface area contributed by atoms with Gasteiger partial charge in [0.2, 0.25) is 0 Å². The summed E-state index contributed by atoms with van der Waals surface area (Å²) in [4.78, 5) is 6.42. The van der Waals surface area contributed by atoms with E-state index in [0.717, 1.165) is 26.2 Å². The SMILES string of the molecule is c1ncc(N2CCNCC2)s1. The molecule has 1 fully saturated rings. The minimum atomic E-state index is 1.10. The summed E-state index contributed by atoms with van der Waals surface area (Å²) >= 11 is 1.72. The molecule has 0 spiro atoms. The summed E-state index contributed by atoms with van der Waals surface area (Å²) in [5, 5.41) is 4.62. The van der Waals surface area contributed by atoms with E-state index in [-0.39, 0.29) is 0 Å². The molecule has 1 aliphatic rings. The summed E-state index contributed by atoms with van der Waals surface area (Å²) in [6, 6.07) is 0. The summed E-state index contributed by atoms with van der Waals surface area (Å²) in [7, 11) is 0. The van der Waals surface area contributed by atoms with Crippen molar-refractivity contribution < 1.29 is 0 Å². The van der Waals surface area contributed by atoms with Crippen molar-refractivity contribution in [2.75, 3.05) is 31.1 Å². The molecule has 0 atom stereocenters. The van der Waals surface area contributed by atoms with Crippen LogP contribution in [0.5, 0.6) is 0 Å². The number of nitrogens with one attached hydrogen (secondary N) is 1. The molecule has 0 amide bonds. The first-order valence-corrected chi connectivity index (χ1v) is 4.69. The summed E-state index contributed by atoms with van der Waals surface area (Å²) in [6.07, 6.45) is 1.94. The third-order valence-electron chi connectivity index (χ3n) is 1.85. The van der Waals surface area contributed by atoms with Crippen molar-refractivity contribution in [1.82, 2.24) is 10.3 Å². The predicted octanol–water partition coefficient (Wildman–Crippen LogP) is 0.553. The maximum absolute atomic E-state index is 4.05. The molecule has 1 aromatic rings. The van der Waals surface area contributed by atoms with Gasteiger partial charge in [0.15, 0.2) is 0 Å². The molecule has 1 aromatic heterocycles. The lowest BCUT2D eigenvalue weighted by Crippen LogP contribution is -2.43. The largest absolute Gasteiger partial charge is 0.360 e. The lowest BCUT2D eigenvalue weighted by atomic mass is 10.4. The molecule has 0 aliphatic carbocycles. The van der Waals surface area contributed by atoms with Crippen LogP contribution in [0.15, 0.2) is 11.7 Å². The predicted molar refractivity (Wildman–Crippen MR) is 47.2 cm³/mol. The molecule has 0 bridgehead atoms. The van der Waals surface area contributed by atoms with Crippen LogP contribution in [0, 0.1) is 0 Å². The highest BCUT2D eigenvalue weighted by molar-refractivity contribution is 7.13. The maximum atomic E-state index is 4.05. The number of aromatic nitrogens is 1. The van der Waals surface area contributed by atoms with E-state index in [4.69, 9.17) is 0 Å². The first-order valence-electron chi connectivity index (χ1n) is 3.81. The van der Waals surface area contributed by atoms with Crippen molar-refractivity contribution in [3.05, 3.63) is 11.7 Å². The number of nitrogens with zero attached hydrogens (tertiary/aromatic N) is 2. The second-order valence-electron chi connectivity index (χ2n) is 2.58. The van der Waals surface area contributed by atoms with E-state index in [0.29, 0.717) is 0 Å². The second kappa shape index (κ2) is 3.19. The van der Waals surface area contributed by atoms with Gasteiger partial charge >= 0.3 is 0 Å². The molecule has 0 aromatic carbocycles. The van der Waals surface area contributed by atoms with Crippen LogP contribution >= 0.6 is 11.3 Å². The number of rotatable bonds is 1. The van der Waals surface area contributed by atoms with Crippen LogP contribution in [0.1, 0.15) is 0 Å². The Kier molecular flexibility index (Phi) is 2.05. The Labute approximate surface area is 70.1 Å². The molecule has 1 aliphatic heterocycles. The highest BCUT2D eigenvalue weighted by atomic mass is 32.1. The number of anilines is 1. The summed E-state index contributed by atoms with van der Waals surface area (Å²) in [6.45, 7) is 4.42. The molecule has 11 heavy (non-hydrogen) atoms. The Morgan fingerprint density at radius 1 is 1.45 bits per heavy atom. The van der Waals surface area contributed by atoms with Gasteiger partial charge in [-0.3, -0.25) is 4.98 Å². The van der Waals surface area contributed by atoms with Crippen molar-refractivity contribution in [3.63, 3.8) is 0 Å². The number of hydrogen-bond donors (Lipinski definition) is 1. The third-order valence-corrected chi connectivity index (χ3v) is 2.68. The zero-order valence-corrected chi connectivity index (χ0v) is 7.10. The summed E-state index contributed by atoms with van der Waals surface area (Å²) in [5.41, 5.74) is 1.89. The molecule has 0 radical (unpaired) electrons. The van der Waals surface area contributed by atoms with E-state index in [2.05, 4.69) is 15.2 Å². The first-order chi connectivity index (χ1) is 5.47. The molecule has 1 saturated heterocycles. The zero-order valence-electron chi connectivity index (χ0n) is 6.29. The van der Waals surface area contributed by atoms with E-state index in [1.165, 1.54) is 5.00 Å². The number of thiazole rings is 1. The van der Waals surface area contributed by atoms with Crippen LogP contribution in [0.4, 0.5) is 5.00 Å². The topological polar surface area (TPSA) is 28.2 Å². The molecule has 3 nitrogen and oxygen atoms in total. The van der Waals surface area contributed by atoms with E-state index < -0.39 is 0 Å². The highest BCUT2D eigenvalue weighted by Gasteiger charge is 2.10. The fraction of sp³-hybridized carbons (Fsp3) is 0.571. The Morgan fingerprint density at radius 3 is 2.91 bits per heavy atom. The Bertz CT molecular complexity index is 203. The summed E-state index contributed by atoms with van der Waals surface area (Å²) < 4.78 is 0. The van der Waals surface area contributed by atoms with Crippen LogP contribution in [-0.2, 0) is 0 Å². The van der Waals surface area contributed by atoms with Crippen molar-refractivity contribution in [2.45, 2.75) is 0 Å². The van der Waals surface area contributed by atoms with Crippen LogP contribution in [0.2, 0.25) is 0 Å². The number of piperazine rings is 1. The van der Waals surface area contributed by atoms with E-state index >= 15 is 0 Å². The maximum Gasteiger partial charge on any atom is 0.111 e. The molecule has 4 heteroatoms. The van der Waals surface area contributed by atoms with Gasteiger partial charge in [-0.05, 0) is 0 Å². The summed E-state index contributed by atoms with van der Waals surface area (Å²) in [5.74, 6) is 0. The molecular weight excluding hydrogens is 158 g/mol. The van der Waals surface area contributed by atoms with Crippen LogP contribution < -0.4 is 10.2 Å². The van der Waals surface area contributed by atoms with Crippen molar-refractivity contribution in [2.24, 2.45) is 0 Å². The van der Waals surface area contributed by atoms with Gasteiger partial charge in [0.25, 0.3) is 0 Å². The fourth-order valence-corrected chi connectivity index (χ4v) is 1.93. The van der Waals surface area contributed by atoms with Gasteiger partial charge in [-0.15, -0.1) is 11.3 Å². The van der Waals surface area contributed by atoms with Gasteiger partial charge in [-0.2, -0.15) is 0 Å². The van der Waals surface area contributed by atoms with Crippen LogP contribution in [0.3, 0.4) is 0 Å². The van der Waals surface area contributed by atoms with Gasteiger partial charge in [-0.1, -0.05) is 0 Å². The normalized spacial score (nSPS) is 18.7. The van der Waals surface area contributed by atoms with Gasteiger partial charge in [-0.25, -0.2) is 0 Å². The molecule has 60 valence electrons. The van der Waals surface area contributed by atoms with Gasteiger partial charge in [0, 0.05) is 26.2 Å². The first kappa shape index (κ1) is 7.06. The fourth-order valence-electron chi connectivity index (χ4n) is 1.25. The molecule has 1 N–H and O–H groups in total. The second-order valence-corrected chi connectivity index (χ2v) is 3.44. The molecular formula is C7H11N3S. The highest BCUT2D eigenvalue weighted by Crippen LogP contribution is 2.18. The Hall–Kier alpha value is -0.610. The third kappa shape index (κ3) is 1.52. The van der Waals surface area contributed by atoms with Crippen LogP contribution in [-0.4, -0.2) is 31.2 Å². The van der Waals surface area contributed by atoms with Crippen molar-refractivity contribution in [1.29, 1.82) is 0 Å². The van der Waals surface area contributed by atoms with Crippen molar-refractivity contribution >= 4 is 16.3 Å². The average Bonchev–Trinajstić information content (AvgIpc) is 2.58. The van der Waals surface area contributed by atoms with Gasteiger partial charge in [0.05, 0.1) is 11.7 Å². The molecule has 2 heterocycles. The molecule has 0 saturated carbocycles. The minimum Gasteiger partial charge on any atom is -0.360 e. The van der Waals surface area contributed by atoms with E-state index in [1.54, 1.807) is 11.3 Å². The Morgan fingerprint density at radius 2 is 2.27 bits per heavy atom. The Balaban J connectivity index is 2.04. The zero-order chi connectivity index (χ0) is 7.52. The monoisotopic (exact) mass is 169 g/mol. The molecule has 2 rings (SSSR count). The smallest absolute Gasteiger partial charge is 0.111 e. The lowest BCUT2D eigenvalue weighted by molar-refractivity contribution is 0.591. The quantitative estimate of drug-likeness (QED) is 0.665. The average molecular weight is 169 g/mol. The van der Waals surface area contributed by atoms with E-state index in [9.17, 15) is 0 Å². The lowest BCUT2D eigenvalue weighted by Gasteiger charge is -2.27. The van der Waals surface area contributed by atoms with E-state index in [1.807, 2.05) is 11.7 Å². The van der Waals surface area contributed by atoms with Gasteiger partial charge < -0.3 is 10.2 Å². The number of hydrogen-bond acceptors (Lipinski definition) is 4. The standard InChI is InChI=1S/C7H11N3S/c1-3-10(4-2-8-1)7-5-9-6-11-7/h5-6,8H,1-4H2.